The molecule has 2 aliphatic rings. The van der Waals surface area contributed by atoms with Gasteiger partial charge in [-0.25, -0.2) is 9.97 Å². The predicted molar refractivity (Wildman–Crippen MR) is 266 cm³/mol. The summed E-state index contributed by atoms with van der Waals surface area (Å²) in [5.74, 6) is 0.685. The summed E-state index contributed by atoms with van der Waals surface area (Å²) in [4.78, 5) is 15.1. The van der Waals surface area contributed by atoms with Gasteiger partial charge < -0.3 is 0 Å². The van der Waals surface area contributed by atoms with Crippen LogP contribution in [0, 0.1) is 0 Å². The predicted octanol–water partition coefficient (Wildman–Crippen LogP) is 15.4. The second-order valence-corrected chi connectivity index (χ2v) is 17.1. The molecule has 0 unspecified atom stereocenters. The molecule has 2 heterocycles. The number of aromatic nitrogens is 3. The third-order valence-corrected chi connectivity index (χ3v) is 13.6. The fourth-order valence-corrected chi connectivity index (χ4v) is 10.7. The molecular weight excluding hydrogens is 787 g/mol. The molecular formula is C62H39N3. The maximum atomic E-state index is 5.46. The second kappa shape index (κ2) is 14.8. The summed E-state index contributed by atoms with van der Waals surface area (Å²) in [6, 6.07) is 81.4. The van der Waals surface area contributed by atoms with Crippen LogP contribution in [0.1, 0.15) is 22.3 Å². The van der Waals surface area contributed by atoms with Crippen molar-refractivity contribution in [1.29, 1.82) is 0 Å². The summed E-state index contributed by atoms with van der Waals surface area (Å²) in [6.45, 7) is 0. The Balaban J connectivity index is 0.969. The molecule has 0 N–H and O–H groups in total. The van der Waals surface area contributed by atoms with Gasteiger partial charge in [0.05, 0.1) is 16.8 Å². The van der Waals surface area contributed by atoms with E-state index in [1.165, 1.54) is 60.8 Å². The van der Waals surface area contributed by atoms with E-state index in [0.717, 1.165) is 55.9 Å². The highest BCUT2D eigenvalue weighted by atomic mass is 14.9. The first-order chi connectivity index (χ1) is 32.2. The minimum Gasteiger partial charge on any atom is -0.264 e. The van der Waals surface area contributed by atoms with Crippen molar-refractivity contribution in [3.63, 3.8) is 0 Å². The zero-order valence-corrected chi connectivity index (χ0v) is 35.4. The summed E-state index contributed by atoms with van der Waals surface area (Å²) in [7, 11) is 0. The topological polar surface area (TPSA) is 38.7 Å². The van der Waals surface area contributed by atoms with Crippen molar-refractivity contribution in [3.05, 3.63) is 259 Å². The molecule has 3 nitrogen and oxygen atoms in total. The molecule has 0 saturated heterocycles. The summed E-state index contributed by atoms with van der Waals surface area (Å²) in [6.07, 6.45) is 3.71. The lowest BCUT2D eigenvalue weighted by Gasteiger charge is -2.30. The fourth-order valence-electron chi connectivity index (χ4n) is 10.7. The van der Waals surface area contributed by atoms with Crippen LogP contribution in [0.4, 0.5) is 0 Å². The van der Waals surface area contributed by atoms with E-state index in [0.29, 0.717) is 5.82 Å². The number of pyridine rings is 1. The number of hydrogen-bond acceptors (Lipinski definition) is 3. The Kier molecular flexibility index (Phi) is 8.44. The maximum Gasteiger partial charge on any atom is 0.160 e. The molecule has 9 aromatic carbocycles. The quantitative estimate of drug-likeness (QED) is 0.168. The number of nitrogens with zero attached hydrogens (tertiary/aromatic N) is 3. The van der Waals surface area contributed by atoms with Gasteiger partial charge in [0.15, 0.2) is 5.82 Å². The third-order valence-electron chi connectivity index (χ3n) is 13.6. The summed E-state index contributed by atoms with van der Waals surface area (Å²) >= 11 is 0. The number of hydrogen-bond donors (Lipinski definition) is 0. The lowest BCUT2D eigenvalue weighted by atomic mass is 9.70. The van der Waals surface area contributed by atoms with Crippen molar-refractivity contribution in [3.8, 4) is 89.5 Å². The lowest BCUT2D eigenvalue weighted by Crippen LogP contribution is -2.25. The van der Waals surface area contributed by atoms with Crippen molar-refractivity contribution >= 4 is 10.8 Å². The first-order valence-corrected chi connectivity index (χ1v) is 22.2. The molecule has 3 heteroatoms. The van der Waals surface area contributed by atoms with Crippen LogP contribution in [0.3, 0.4) is 0 Å². The van der Waals surface area contributed by atoms with E-state index in [-0.39, 0.29) is 0 Å². The van der Waals surface area contributed by atoms with E-state index >= 15 is 0 Å². The van der Waals surface area contributed by atoms with Gasteiger partial charge in [-0.1, -0.05) is 200 Å². The van der Waals surface area contributed by atoms with Crippen LogP contribution in [-0.4, -0.2) is 15.0 Å². The Morgan fingerprint density at radius 2 is 0.785 bits per heavy atom. The number of rotatable bonds is 6. The minimum absolute atomic E-state index is 0.452. The molecule has 0 aliphatic heterocycles. The SMILES string of the molecule is c1cncc(-c2ccc(-c3ccc(-c4cc(-c5ccc6c(c5)C5(c7ccccc7-c7ccccc75)c5ccccc5-6)nc(-c5cccc(-c6cccc7ccccc67)c5)n4)cc3)cc2)c1. The second-order valence-electron chi connectivity index (χ2n) is 17.1. The molecule has 302 valence electrons. The maximum absolute atomic E-state index is 5.46. The molecule has 0 saturated carbocycles. The van der Waals surface area contributed by atoms with Crippen LogP contribution >= 0.6 is 0 Å². The van der Waals surface area contributed by atoms with E-state index in [9.17, 15) is 0 Å². The van der Waals surface area contributed by atoms with Crippen LogP contribution in [0.15, 0.2) is 237 Å². The van der Waals surface area contributed by atoms with Crippen LogP contribution in [0.25, 0.3) is 100 Å². The Bertz CT molecular complexity index is 3580. The minimum atomic E-state index is -0.452. The molecule has 65 heavy (non-hydrogen) atoms. The van der Waals surface area contributed by atoms with Crippen LogP contribution in [0.5, 0.6) is 0 Å². The number of fused-ring (bicyclic) bond motifs is 11. The van der Waals surface area contributed by atoms with E-state index < -0.39 is 5.41 Å². The zero-order valence-electron chi connectivity index (χ0n) is 35.4. The first kappa shape index (κ1) is 37.1. The van der Waals surface area contributed by atoms with Gasteiger partial charge in [0.25, 0.3) is 0 Å². The first-order valence-electron chi connectivity index (χ1n) is 22.2. The average Bonchev–Trinajstić information content (AvgIpc) is 3.86. The van der Waals surface area contributed by atoms with E-state index in [4.69, 9.17) is 9.97 Å². The van der Waals surface area contributed by atoms with Gasteiger partial charge >= 0.3 is 0 Å². The van der Waals surface area contributed by atoms with Gasteiger partial charge in [0, 0.05) is 29.1 Å². The standard InChI is InChI=1S/C62H39N3/c1-2-17-49-43(12-1)13-10-21-50(49)45-14-9-15-47(36-45)61-64-59(44-31-29-41(30-32-44)40-25-27-42(28-26-40)48-16-11-35-63-39-48)38-60(65-61)46-33-34-54-53-20-5-8-24-57(53)62(58(54)37-46)55-22-6-3-18-51(55)52-19-4-7-23-56(52)62/h1-39H. The Morgan fingerprint density at radius 3 is 1.45 bits per heavy atom. The van der Waals surface area contributed by atoms with Gasteiger partial charge in [-0.3, -0.25) is 4.98 Å². The van der Waals surface area contributed by atoms with E-state index in [1.54, 1.807) is 6.20 Å². The molecule has 0 radical (unpaired) electrons. The van der Waals surface area contributed by atoms with Crippen molar-refractivity contribution in [2.24, 2.45) is 0 Å². The monoisotopic (exact) mass is 825 g/mol. The Hall–Kier alpha value is -8.53. The van der Waals surface area contributed by atoms with Crippen LogP contribution in [0.2, 0.25) is 0 Å². The van der Waals surface area contributed by atoms with Crippen molar-refractivity contribution in [2.45, 2.75) is 5.41 Å². The van der Waals surface area contributed by atoms with Crippen molar-refractivity contribution in [1.82, 2.24) is 15.0 Å². The number of benzene rings is 9. The summed E-state index contributed by atoms with van der Waals surface area (Å²) in [5, 5.41) is 2.44. The summed E-state index contributed by atoms with van der Waals surface area (Å²) in [5.41, 5.74) is 21.6. The zero-order chi connectivity index (χ0) is 42.9. The lowest BCUT2D eigenvalue weighted by molar-refractivity contribution is 0.794. The Labute approximate surface area is 378 Å². The molecule has 2 aliphatic carbocycles. The van der Waals surface area contributed by atoms with Crippen molar-refractivity contribution < 1.29 is 0 Å². The van der Waals surface area contributed by atoms with Crippen LogP contribution in [-0.2, 0) is 5.41 Å². The molecule has 13 rings (SSSR count). The van der Waals surface area contributed by atoms with E-state index in [2.05, 4.69) is 223 Å². The summed E-state index contributed by atoms with van der Waals surface area (Å²) < 4.78 is 0. The third kappa shape index (κ3) is 5.86. The van der Waals surface area contributed by atoms with Gasteiger partial charge in [-0.2, -0.15) is 0 Å². The normalized spacial score (nSPS) is 12.7. The molecule has 2 aromatic heterocycles. The Morgan fingerprint density at radius 1 is 0.292 bits per heavy atom. The highest BCUT2D eigenvalue weighted by Crippen LogP contribution is 2.63. The molecule has 1 spiro atoms. The largest absolute Gasteiger partial charge is 0.264 e. The van der Waals surface area contributed by atoms with Gasteiger partial charge in [0.1, 0.15) is 0 Å². The molecule has 0 fully saturated rings. The van der Waals surface area contributed by atoms with Crippen molar-refractivity contribution in [2.75, 3.05) is 0 Å². The van der Waals surface area contributed by atoms with Crippen LogP contribution < -0.4 is 0 Å². The smallest absolute Gasteiger partial charge is 0.160 e. The molecule has 0 bridgehead atoms. The molecule has 0 atom stereocenters. The molecule has 0 amide bonds. The van der Waals surface area contributed by atoms with Gasteiger partial charge in [-0.15, -0.1) is 0 Å². The van der Waals surface area contributed by atoms with Gasteiger partial charge in [-0.05, 0) is 113 Å². The average molecular weight is 826 g/mol. The fraction of sp³-hybridized carbons (Fsp3) is 0.0161. The van der Waals surface area contributed by atoms with Gasteiger partial charge in [0.2, 0.25) is 0 Å². The van der Waals surface area contributed by atoms with E-state index in [1.807, 2.05) is 12.3 Å². The highest BCUT2D eigenvalue weighted by molar-refractivity contribution is 5.98. The highest BCUT2D eigenvalue weighted by Gasteiger charge is 2.51. The molecule has 11 aromatic rings.